The Balaban J connectivity index is 3.33. The van der Waals surface area contributed by atoms with Crippen LogP contribution >= 0.6 is 0 Å². The zero-order valence-corrected chi connectivity index (χ0v) is 5.23. The predicted molar refractivity (Wildman–Crippen MR) is 28.5 cm³/mol. The molecule has 0 aromatic carbocycles. The van der Waals surface area contributed by atoms with Crippen molar-refractivity contribution in [3.63, 3.8) is 0 Å². The highest BCUT2D eigenvalue weighted by Gasteiger charge is 2.27. The van der Waals surface area contributed by atoms with Crippen molar-refractivity contribution in [1.82, 2.24) is 0 Å². The standard InChI is InChI=1S/C5H10F2O2/c1-2-9-4-5(6,7)3-8/h8H,2-4H2,1H3. The van der Waals surface area contributed by atoms with Crippen LogP contribution < -0.4 is 0 Å². The monoisotopic (exact) mass is 140 g/mol. The third-order valence-corrected chi connectivity index (χ3v) is 0.749. The van der Waals surface area contributed by atoms with Crippen molar-refractivity contribution in [1.29, 1.82) is 0 Å². The number of ether oxygens (including phenoxy) is 1. The SMILES string of the molecule is CCOCC(F)(F)CO. The van der Waals surface area contributed by atoms with Gasteiger partial charge in [0.05, 0.1) is 0 Å². The maximum Gasteiger partial charge on any atom is 0.293 e. The van der Waals surface area contributed by atoms with Crippen molar-refractivity contribution in [3.8, 4) is 0 Å². The first-order valence-electron chi connectivity index (χ1n) is 2.69. The molecule has 0 rings (SSSR count). The lowest BCUT2D eigenvalue weighted by Crippen LogP contribution is -2.27. The highest BCUT2D eigenvalue weighted by atomic mass is 19.3. The normalized spacial score (nSPS) is 12.0. The summed E-state index contributed by atoms with van der Waals surface area (Å²) in [7, 11) is 0. The molecule has 0 spiro atoms. The average molecular weight is 140 g/mol. The van der Waals surface area contributed by atoms with Gasteiger partial charge in [-0.15, -0.1) is 0 Å². The zero-order valence-electron chi connectivity index (χ0n) is 5.23. The second kappa shape index (κ2) is 3.74. The fourth-order valence-electron chi connectivity index (χ4n) is 0.297. The van der Waals surface area contributed by atoms with E-state index in [-0.39, 0.29) is 6.61 Å². The second-order valence-corrected chi connectivity index (χ2v) is 1.65. The molecule has 4 heteroatoms. The summed E-state index contributed by atoms with van der Waals surface area (Å²) in [4.78, 5) is 0. The number of hydrogen-bond donors (Lipinski definition) is 1. The molecule has 2 nitrogen and oxygen atoms in total. The van der Waals surface area contributed by atoms with Crippen LogP contribution in [0.5, 0.6) is 0 Å². The molecule has 0 heterocycles. The maximum atomic E-state index is 12.0. The second-order valence-electron chi connectivity index (χ2n) is 1.65. The molecule has 0 radical (unpaired) electrons. The van der Waals surface area contributed by atoms with Gasteiger partial charge in [-0.1, -0.05) is 0 Å². The topological polar surface area (TPSA) is 29.5 Å². The molecule has 0 atom stereocenters. The van der Waals surface area contributed by atoms with Gasteiger partial charge < -0.3 is 9.84 Å². The molecule has 0 saturated heterocycles. The van der Waals surface area contributed by atoms with Crippen LogP contribution in [-0.2, 0) is 4.74 Å². The highest BCUT2D eigenvalue weighted by molar-refractivity contribution is 4.61. The van der Waals surface area contributed by atoms with Gasteiger partial charge in [0.25, 0.3) is 5.92 Å². The molecular formula is C5H10F2O2. The Labute approximate surface area is 52.4 Å². The molecule has 0 bridgehead atoms. The summed E-state index contributed by atoms with van der Waals surface area (Å²) < 4.78 is 28.3. The molecule has 1 N–H and O–H groups in total. The fraction of sp³-hybridized carbons (Fsp3) is 1.00. The molecular weight excluding hydrogens is 130 g/mol. The van der Waals surface area contributed by atoms with Crippen LogP contribution in [-0.4, -0.2) is 30.8 Å². The zero-order chi connectivity index (χ0) is 7.33. The predicted octanol–water partition coefficient (Wildman–Crippen LogP) is 0.651. The van der Waals surface area contributed by atoms with Crippen molar-refractivity contribution in [2.24, 2.45) is 0 Å². The van der Waals surface area contributed by atoms with Crippen molar-refractivity contribution in [3.05, 3.63) is 0 Å². The Bertz CT molecular complexity index is 75.4. The molecule has 0 aromatic rings. The third kappa shape index (κ3) is 4.29. The van der Waals surface area contributed by atoms with Crippen molar-refractivity contribution < 1.29 is 18.6 Å². The molecule has 0 amide bonds. The Hall–Kier alpha value is -0.220. The molecule has 56 valence electrons. The summed E-state index contributed by atoms with van der Waals surface area (Å²) in [6.07, 6.45) is 0. The van der Waals surface area contributed by atoms with Crippen LogP contribution in [0.1, 0.15) is 6.92 Å². The molecule has 0 aromatic heterocycles. The number of alkyl halides is 2. The molecule has 0 aliphatic heterocycles. The van der Waals surface area contributed by atoms with Gasteiger partial charge in [0.1, 0.15) is 13.2 Å². The van der Waals surface area contributed by atoms with E-state index in [9.17, 15) is 8.78 Å². The van der Waals surface area contributed by atoms with Crippen molar-refractivity contribution >= 4 is 0 Å². The van der Waals surface area contributed by atoms with E-state index in [1.54, 1.807) is 6.92 Å². The highest BCUT2D eigenvalue weighted by Crippen LogP contribution is 2.11. The molecule has 0 fully saturated rings. The number of aliphatic hydroxyl groups excluding tert-OH is 1. The fourth-order valence-corrected chi connectivity index (χ4v) is 0.297. The first kappa shape index (κ1) is 8.78. The number of aliphatic hydroxyl groups is 1. The molecule has 9 heavy (non-hydrogen) atoms. The van der Waals surface area contributed by atoms with E-state index >= 15 is 0 Å². The van der Waals surface area contributed by atoms with Crippen LogP contribution in [0.3, 0.4) is 0 Å². The van der Waals surface area contributed by atoms with Gasteiger partial charge in [0.15, 0.2) is 0 Å². The van der Waals surface area contributed by atoms with Gasteiger partial charge in [0.2, 0.25) is 0 Å². The van der Waals surface area contributed by atoms with Gasteiger partial charge in [0, 0.05) is 6.61 Å². The summed E-state index contributed by atoms with van der Waals surface area (Å²) in [5, 5.41) is 7.99. The van der Waals surface area contributed by atoms with Gasteiger partial charge in [-0.05, 0) is 6.92 Å². The Morgan fingerprint density at radius 3 is 2.44 bits per heavy atom. The van der Waals surface area contributed by atoms with E-state index in [0.717, 1.165) is 0 Å². The van der Waals surface area contributed by atoms with Crippen LogP contribution in [0, 0.1) is 0 Å². The van der Waals surface area contributed by atoms with E-state index in [0.29, 0.717) is 0 Å². The summed E-state index contributed by atoms with van der Waals surface area (Å²) in [6, 6.07) is 0. The van der Waals surface area contributed by atoms with Gasteiger partial charge in [-0.2, -0.15) is 0 Å². The van der Waals surface area contributed by atoms with E-state index in [4.69, 9.17) is 5.11 Å². The first-order chi connectivity index (χ1) is 4.12. The maximum absolute atomic E-state index is 12.0. The summed E-state index contributed by atoms with van der Waals surface area (Å²) >= 11 is 0. The first-order valence-corrected chi connectivity index (χ1v) is 2.69. The summed E-state index contributed by atoms with van der Waals surface area (Å²) in [5.74, 6) is -3.07. The molecule has 0 unspecified atom stereocenters. The molecule has 0 aliphatic carbocycles. The van der Waals surface area contributed by atoms with E-state index < -0.39 is 19.1 Å². The average Bonchev–Trinajstić information content (AvgIpc) is 1.84. The van der Waals surface area contributed by atoms with E-state index in [1.807, 2.05) is 0 Å². The lowest BCUT2D eigenvalue weighted by molar-refractivity contribution is -0.105. The minimum atomic E-state index is -3.07. The summed E-state index contributed by atoms with van der Waals surface area (Å²) in [6.45, 7) is 0.0239. The Morgan fingerprint density at radius 2 is 2.11 bits per heavy atom. The lowest BCUT2D eigenvalue weighted by atomic mass is 10.4. The number of halogens is 2. The minimum Gasteiger partial charge on any atom is -0.390 e. The van der Waals surface area contributed by atoms with Crippen LogP contribution in [0.2, 0.25) is 0 Å². The number of rotatable bonds is 4. The lowest BCUT2D eigenvalue weighted by Gasteiger charge is -2.11. The van der Waals surface area contributed by atoms with Crippen LogP contribution in [0.15, 0.2) is 0 Å². The largest absolute Gasteiger partial charge is 0.390 e. The molecule has 0 aliphatic rings. The van der Waals surface area contributed by atoms with Crippen molar-refractivity contribution in [2.75, 3.05) is 19.8 Å². The Kier molecular flexibility index (Phi) is 3.65. The van der Waals surface area contributed by atoms with Gasteiger partial charge >= 0.3 is 0 Å². The van der Waals surface area contributed by atoms with Crippen molar-refractivity contribution in [2.45, 2.75) is 12.8 Å². The Morgan fingerprint density at radius 1 is 1.56 bits per heavy atom. The smallest absolute Gasteiger partial charge is 0.293 e. The summed E-state index contributed by atoms with van der Waals surface area (Å²) in [5.41, 5.74) is 0. The van der Waals surface area contributed by atoms with Crippen LogP contribution in [0.4, 0.5) is 8.78 Å². The van der Waals surface area contributed by atoms with E-state index in [2.05, 4.69) is 4.74 Å². The van der Waals surface area contributed by atoms with Crippen LogP contribution in [0.25, 0.3) is 0 Å². The number of hydrogen-bond acceptors (Lipinski definition) is 2. The van der Waals surface area contributed by atoms with Gasteiger partial charge in [-0.3, -0.25) is 0 Å². The third-order valence-electron chi connectivity index (χ3n) is 0.749. The van der Waals surface area contributed by atoms with E-state index in [1.165, 1.54) is 0 Å². The van der Waals surface area contributed by atoms with Gasteiger partial charge in [-0.25, -0.2) is 8.78 Å². The quantitative estimate of drug-likeness (QED) is 0.621. The minimum absolute atomic E-state index is 0.246. The molecule has 0 saturated carbocycles.